The summed E-state index contributed by atoms with van der Waals surface area (Å²) in [4.78, 5) is 26.5. The number of carbonyl (C=O) groups is 1. The second-order valence-corrected chi connectivity index (χ2v) is 10.5. The van der Waals surface area contributed by atoms with Gasteiger partial charge in [-0.2, -0.15) is 0 Å². The van der Waals surface area contributed by atoms with Crippen molar-refractivity contribution < 1.29 is 9.53 Å². The van der Waals surface area contributed by atoms with Crippen molar-refractivity contribution in [2.24, 2.45) is 5.92 Å². The lowest BCUT2D eigenvalue weighted by atomic mass is 9.91. The molecule has 0 fully saturated rings. The van der Waals surface area contributed by atoms with Crippen LogP contribution < -0.4 is 0 Å². The third-order valence-electron chi connectivity index (χ3n) is 5.14. The number of rotatable bonds is 10. The van der Waals surface area contributed by atoms with Gasteiger partial charge in [-0.05, 0) is 42.7 Å². The van der Waals surface area contributed by atoms with Crippen molar-refractivity contribution in [1.29, 1.82) is 0 Å². The number of aromatic nitrogens is 4. The number of nitrogens with zero attached hydrogens (tertiary/aromatic N) is 3. The molecule has 0 amide bonds. The normalized spacial score (nSPS) is 12.2. The van der Waals surface area contributed by atoms with Crippen molar-refractivity contribution in [3.63, 3.8) is 0 Å². The van der Waals surface area contributed by atoms with Crippen LogP contribution in [-0.2, 0) is 14.9 Å². The predicted molar refractivity (Wildman–Crippen MR) is 138 cm³/mol. The molecule has 0 aliphatic heterocycles. The second kappa shape index (κ2) is 13.3. The Bertz CT molecular complexity index is 997. The average Bonchev–Trinajstić information content (AvgIpc) is 3.23. The van der Waals surface area contributed by atoms with E-state index in [0.29, 0.717) is 19.0 Å². The second-order valence-electron chi connectivity index (χ2n) is 9.36. The fraction of sp³-hybridized carbons (Fsp3) is 0.538. The smallest absolute Gasteiger partial charge is 0.293 e. The summed E-state index contributed by atoms with van der Waals surface area (Å²) in [6.45, 7) is 14.0. The molecule has 0 radical (unpaired) electrons. The van der Waals surface area contributed by atoms with Crippen LogP contribution in [0.15, 0.2) is 35.7 Å². The minimum atomic E-state index is 0.00915. The quantitative estimate of drug-likeness (QED) is 0.259. The molecule has 3 rings (SSSR count). The largest absolute Gasteiger partial charge is 0.468 e. The molecule has 3 aromatic rings. The molecular weight excluding hydrogens is 432 g/mol. The lowest BCUT2D eigenvalue weighted by Crippen LogP contribution is -2.13. The van der Waals surface area contributed by atoms with Crippen LogP contribution in [0.3, 0.4) is 0 Å². The van der Waals surface area contributed by atoms with Crippen LogP contribution in [0.2, 0.25) is 0 Å². The zero-order valence-corrected chi connectivity index (χ0v) is 21.7. The van der Waals surface area contributed by atoms with E-state index in [0.717, 1.165) is 46.2 Å². The maximum Gasteiger partial charge on any atom is 0.293 e. The van der Waals surface area contributed by atoms with Crippen molar-refractivity contribution in [3.8, 4) is 11.4 Å². The maximum absolute atomic E-state index is 9.76. The van der Waals surface area contributed by atoms with Crippen LogP contribution in [0.5, 0.6) is 0 Å². The summed E-state index contributed by atoms with van der Waals surface area (Å²) in [7, 11) is 0. The van der Waals surface area contributed by atoms with Crippen LogP contribution in [-0.4, -0.2) is 38.8 Å². The zero-order chi connectivity index (χ0) is 24.3. The molecule has 6 nitrogen and oxygen atoms in total. The number of aromatic amines is 1. The van der Waals surface area contributed by atoms with Gasteiger partial charge in [0.25, 0.3) is 6.47 Å². The SMILES string of the molecule is CCCCC(C)COC=O.CCCSc1cc2cc(-c3cc(C(C)(C)C)ncn3)[nH]c2cn1. The average molecular weight is 471 g/mol. The molecular formula is C26H38N4O2S. The van der Waals surface area contributed by atoms with Crippen molar-refractivity contribution in [2.75, 3.05) is 12.4 Å². The number of ether oxygens (including phenoxy) is 1. The van der Waals surface area contributed by atoms with Crippen LogP contribution in [0.4, 0.5) is 0 Å². The van der Waals surface area contributed by atoms with E-state index in [4.69, 9.17) is 0 Å². The highest BCUT2D eigenvalue weighted by atomic mass is 32.2. The lowest BCUT2D eigenvalue weighted by molar-refractivity contribution is -0.129. The van der Waals surface area contributed by atoms with Crippen molar-refractivity contribution in [3.05, 3.63) is 36.4 Å². The zero-order valence-electron chi connectivity index (χ0n) is 20.9. The first-order valence-corrected chi connectivity index (χ1v) is 12.8. The Kier molecular flexibility index (Phi) is 10.8. The molecule has 0 aliphatic rings. The molecule has 0 saturated heterocycles. The summed E-state index contributed by atoms with van der Waals surface area (Å²) in [5.41, 5.74) is 4.02. The Morgan fingerprint density at radius 2 is 1.91 bits per heavy atom. The number of unbranched alkanes of at least 4 members (excludes halogenated alkanes) is 1. The van der Waals surface area contributed by atoms with E-state index in [9.17, 15) is 4.79 Å². The number of hydrogen-bond acceptors (Lipinski definition) is 6. The summed E-state index contributed by atoms with van der Waals surface area (Å²) >= 11 is 1.80. The first kappa shape index (κ1) is 26.8. The maximum atomic E-state index is 9.76. The first-order chi connectivity index (χ1) is 15.8. The topological polar surface area (TPSA) is 80.8 Å². The number of thioether (sulfide) groups is 1. The van der Waals surface area contributed by atoms with Crippen LogP contribution >= 0.6 is 11.8 Å². The van der Waals surface area contributed by atoms with E-state index in [1.807, 2.05) is 6.20 Å². The highest BCUT2D eigenvalue weighted by Gasteiger charge is 2.17. The number of H-pyrrole nitrogens is 1. The Labute approximate surface area is 202 Å². The molecule has 0 spiro atoms. The highest BCUT2D eigenvalue weighted by Crippen LogP contribution is 2.28. The van der Waals surface area contributed by atoms with Crippen LogP contribution in [0.1, 0.15) is 72.9 Å². The van der Waals surface area contributed by atoms with Crippen molar-refractivity contribution >= 4 is 29.1 Å². The number of hydrogen-bond donors (Lipinski definition) is 1. The molecule has 0 aliphatic carbocycles. The standard InChI is InChI=1S/C18H22N4S.C8H16O2/c1-5-6-23-17-8-12-7-14(22-15(12)10-19-17)13-9-16(18(2,3)4)21-11-20-13;1-3-4-5-8(2)6-10-7-9/h7-11,22H,5-6H2,1-4H3;7-8H,3-6H2,1-2H3. The van der Waals surface area contributed by atoms with Crippen LogP contribution in [0, 0.1) is 5.92 Å². The fourth-order valence-corrected chi connectivity index (χ4v) is 3.94. The van der Waals surface area contributed by atoms with Gasteiger partial charge in [0, 0.05) is 16.5 Å². The Hall–Kier alpha value is -2.41. The summed E-state index contributed by atoms with van der Waals surface area (Å²) in [6.07, 6.45) is 8.29. The van der Waals surface area contributed by atoms with Gasteiger partial charge in [-0.3, -0.25) is 4.79 Å². The van der Waals surface area contributed by atoms with Gasteiger partial charge < -0.3 is 9.72 Å². The van der Waals surface area contributed by atoms with Gasteiger partial charge in [0.1, 0.15) is 6.33 Å². The van der Waals surface area contributed by atoms with Gasteiger partial charge >= 0.3 is 0 Å². The van der Waals surface area contributed by atoms with E-state index < -0.39 is 0 Å². The summed E-state index contributed by atoms with van der Waals surface area (Å²) in [5.74, 6) is 1.61. The molecule has 3 heterocycles. The Morgan fingerprint density at radius 1 is 1.12 bits per heavy atom. The van der Waals surface area contributed by atoms with E-state index in [2.05, 4.69) is 84.4 Å². The molecule has 0 bridgehead atoms. The third kappa shape index (κ3) is 8.80. The fourth-order valence-electron chi connectivity index (χ4n) is 3.19. The van der Waals surface area contributed by atoms with Gasteiger partial charge in [0.15, 0.2) is 0 Å². The molecule has 180 valence electrons. The van der Waals surface area contributed by atoms with Gasteiger partial charge in [0.05, 0.1) is 34.7 Å². The number of fused-ring (bicyclic) bond motifs is 1. The number of pyridine rings is 1. The molecule has 1 N–H and O–H groups in total. The molecule has 3 aromatic heterocycles. The minimum Gasteiger partial charge on any atom is -0.468 e. The lowest BCUT2D eigenvalue weighted by Gasteiger charge is -2.17. The Morgan fingerprint density at radius 3 is 2.58 bits per heavy atom. The van der Waals surface area contributed by atoms with Crippen molar-refractivity contribution in [2.45, 2.75) is 77.7 Å². The van der Waals surface area contributed by atoms with Gasteiger partial charge in [0.2, 0.25) is 0 Å². The molecule has 33 heavy (non-hydrogen) atoms. The van der Waals surface area contributed by atoms with Crippen molar-refractivity contribution in [1.82, 2.24) is 19.9 Å². The van der Waals surface area contributed by atoms with E-state index in [1.54, 1.807) is 18.1 Å². The molecule has 0 saturated carbocycles. The highest BCUT2D eigenvalue weighted by molar-refractivity contribution is 7.99. The predicted octanol–water partition coefficient (Wildman–Crippen LogP) is 6.81. The molecule has 0 aromatic carbocycles. The van der Waals surface area contributed by atoms with Gasteiger partial charge in [-0.15, -0.1) is 11.8 Å². The van der Waals surface area contributed by atoms with Crippen LogP contribution in [0.25, 0.3) is 22.3 Å². The molecule has 1 atom stereocenters. The van der Waals surface area contributed by atoms with Gasteiger partial charge in [-0.1, -0.05) is 54.4 Å². The van der Waals surface area contributed by atoms with E-state index in [-0.39, 0.29) is 5.41 Å². The third-order valence-corrected chi connectivity index (χ3v) is 6.28. The number of nitrogens with one attached hydrogen (secondary N) is 1. The Balaban J connectivity index is 0.000000328. The summed E-state index contributed by atoms with van der Waals surface area (Å²) < 4.78 is 4.61. The summed E-state index contributed by atoms with van der Waals surface area (Å²) in [6, 6.07) is 6.34. The summed E-state index contributed by atoms with van der Waals surface area (Å²) in [5, 5.41) is 2.24. The van der Waals surface area contributed by atoms with Gasteiger partial charge in [-0.25, -0.2) is 15.0 Å². The molecule has 1 unspecified atom stereocenters. The first-order valence-electron chi connectivity index (χ1n) is 11.8. The van der Waals surface area contributed by atoms with E-state index >= 15 is 0 Å². The van der Waals surface area contributed by atoms with E-state index in [1.165, 1.54) is 18.2 Å². The monoisotopic (exact) mass is 470 g/mol. The number of carbonyl (C=O) groups excluding carboxylic acids is 1. The minimum absolute atomic E-state index is 0.00915. The molecule has 7 heteroatoms.